The molecule has 2 heterocycles. The molecule has 2 rings (SSSR count). The SMILES string of the molecule is CN(C(=O)c1cn(CCN)cn1)C1COCC1C(=O)O. The van der Waals surface area contributed by atoms with Gasteiger partial charge in [0.05, 0.1) is 25.6 Å². The fraction of sp³-hybridized carbons (Fsp3) is 0.583. The van der Waals surface area contributed by atoms with Crippen LogP contribution in [0.3, 0.4) is 0 Å². The van der Waals surface area contributed by atoms with Crippen LogP contribution in [0, 0.1) is 5.92 Å². The van der Waals surface area contributed by atoms with Crippen LogP contribution in [0.4, 0.5) is 0 Å². The number of likely N-dealkylation sites (N-methyl/N-ethyl adjacent to an activating group) is 1. The number of hydrogen-bond donors (Lipinski definition) is 2. The van der Waals surface area contributed by atoms with Gasteiger partial charge in [0.1, 0.15) is 11.6 Å². The number of carboxylic acid groups (broad SMARTS) is 1. The van der Waals surface area contributed by atoms with Gasteiger partial charge in [-0.25, -0.2) is 4.98 Å². The van der Waals surface area contributed by atoms with Crippen LogP contribution in [0.5, 0.6) is 0 Å². The number of aliphatic carboxylic acids is 1. The summed E-state index contributed by atoms with van der Waals surface area (Å²) in [6.45, 7) is 1.38. The Morgan fingerprint density at radius 2 is 2.35 bits per heavy atom. The Morgan fingerprint density at radius 1 is 1.60 bits per heavy atom. The molecule has 3 N–H and O–H groups in total. The van der Waals surface area contributed by atoms with Crippen LogP contribution in [0.1, 0.15) is 10.5 Å². The second-order valence-electron chi connectivity index (χ2n) is 4.75. The Morgan fingerprint density at radius 3 is 3.00 bits per heavy atom. The maximum absolute atomic E-state index is 12.3. The van der Waals surface area contributed by atoms with Crippen molar-refractivity contribution in [3.8, 4) is 0 Å². The van der Waals surface area contributed by atoms with E-state index in [1.54, 1.807) is 17.8 Å². The van der Waals surface area contributed by atoms with Crippen molar-refractivity contribution < 1.29 is 19.4 Å². The highest BCUT2D eigenvalue weighted by Crippen LogP contribution is 2.20. The smallest absolute Gasteiger partial charge is 0.311 e. The van der Waals surface area contributed by atoms with E-state index < -0.39 is 17.9 Å². The number of amides is 1. The molecule has 110 valence electrons. The molecule has 20 heavy (non-hydrogen) atoms. The summed E-state index contributed by atoms with van der Waals surface area (Å²) in [4.78, 5) is 28.8. The summed E-state index contributed by atoms with van der Waals surface area (Å²) in [5, 5.41) is 9.11. The zero-order valence-electron chi connectivity index (χ0n) is 11.2. The van der Waals surface area contributed by atoms with Crippen molar-refractivity contribution in [3.63, 3.8) is 0 Å². The van der Waals surface area contributed by atoms with Gasteiger partial charge < -0.3 is 25.0 Å². The molecular formula is C12H18N4O4. The zero-order chi connectivity index (χ0) is 14.7. The molecule has 1 aromatic rings. The lowest BCUT2D eigenvalue weighted by Crippen LogP contribution is -2.44. The number of carbonyl (C=O) groups is 2. The van der Waals surface area contributed by atoms with E-state index in [0.29, 0.717) is 13.1 Å². The van der Waals surface area contributed by atoms with Gasteiger partial charge in [-0.3, -0.25) is 9.59 Å². The Bertz CT molecular complexity index is 501. The van der Waals surface area contributed by atoms with Gasteiger partial charge in [0, 0.05) is 26.3 Å². The standard InChI is InChI=1S/C12H18N4O4/c1-15(10-6-20-5-8(10)12(18)19)11(17)9-4-16(3-2-13)7-14-9/h4,7-8,10H,2-3,5-6,13H2,1H3,(H,18,19). The van der Waals surface area contributed by atoms with Gasteiger partial charge in [0.25, 0.3) is 5.91 Å². The third kappa shape index (κ3) is 2.81. The van der Waals surface area contributed by atoms with E-state index in [4.69, 9.17) is 15.6 Å². The van der Waals surface area contributed by atoms with Crippen LogP contribution in [-0.4, -0.2) is 64.3 Å². The van der Waals surface area contributed by atoms with E-state index in [9.17, 15) is 9.59 Å². The van der Waals surface area contributed by atoms with Gasteiger partial charge in [0.15, 0.2) is 0 Å². The molecule has 0 saturated carbocycles. The van der Waals surface area contributed by atoms with Crippen molar-refractivity contribution in [1.29, 1.82) is 0 Å². The number of carbonyl (C=O) groups excluding carboxylic acids is 1. The minimum Gasteiger partial charge on any atom is -0.481 e. The van der Waals surface area contributed by atoms with Crippen molar-refractivity contribution in [2.24, 2.45) is 11.7 Å². The lowest BCUT2D eigenvalue weighted by atomic mass is 10.0. The number of ether oxygens (including phenoxy) is 1. The molecule has 1 fully saturated rings. The van der Waals surface area contributed by atoms with Crippen LogP contribution in [0.2, 0.25) is 0 Å². The first-order valence-corrected chi connectivity index (χ1v) is 6.34. The monoisotopic (exact) mass is 282 g/mol. The van der Waals surface area contributed by atoms with E-state index in [1.165, 1.54) is 11.2 Å². The average molecular weight is 282 g/mol. The van der Waals surface area contributed by atoms with Gasteiger partial charge >= 0.3 is 5.97 Å². The van der Waals surface area contributed by atoms with Crippen LogP contribution in [-0.2, 0) is 16.1 Å². The molecule has 0 aromatic carbocycles. The highest BCUT2D eigenvalue weighted by Gasteiger charge is 2.39. The molecule has 1 saturated heterocycles. The van der Waals surface area contributed by atoms with Crippen LogP contribution in [0.25, 0.3) is 0 Å². The number of rotatable bonds is 5. The van der Waals surface area contributed by atoms with E-state index in [1.807, 2.05) is 0 Å². The fourth-order valence-corrected chi connectivity index (χ4v) is 2.23. The maximum atomic E-state index is 12.3. The Hall–Kier alpha value is -1.93. The first kappa shape index (κ1) is 14.5. The van der Waals surface area contributed by atoms with E-state index in [0.717, 1.165) is 0 Å². The van der Waals surface area contributed by atoms with Crippen molar-refractivity contribution in [3.05, 3.63) is 18.2 Å². The quantitative estimate of drug-likeness (QED) is 0.717. The van der Waals surface area contributed by atoms with E-state index >= 15 is 0 Å². The zero-order valence-corrected chi connectivity index (χ0v) is 11.2. The van der Waals surface area contributed by atoms with Crippen molar-refractivity contribution in [1.82, 2.24) is 14.5 Å². The molecule has 1 aliphatic heterocycles. The Kier molecular flexibility index (Phi) is 4.35. The molecule has 2 atom stereocenters. The Labute approximate surface area is 116 Å². The summed E-state index contributed by atoms with van der Waals surface area (Å²) in [6, 6.07) is -0.473. The molecule has 8 heteroatoms. The largest absolute Gasteiger partial charge is 0.481 e. The summed E-state index contributed by atoms with van der Waals surface area (Å²) in [5.41, 5.74) is 5.71. The molecule has 1 aliphatic rings. The van der Waals surface area contributed by atoms with Gasteiger partial charge in [0.2, 0.25) is 0 Å². The number of nitrogens with two attached hydrogens (primary N) is 1. The van der Waals surface area contributed by atoms with Crippen molar-refractivity contribution in [2.45, 2.75) is 12.6 Å². The molecule has 0 radical (unpaired) electrons. The van der Waals surface area contributed by atoms with Crippen LogP contribution >= 0.6 is 0 Å². The first-order chi connectivity index (χ1) is 9.54. The predicted molar refractivity (Wildman–Crippen MR) is 69.1 cm³/mol. The molecule has 1 amide bonds. The minimum absolute atomic E-state index is 0.124. The van der Waals surface area contributed by atoms with Crippen molar-refractivity contribution >= 4 is 11.9 Å². The lowest BCUT2D eigenvalue weighted by Gasteiger charge is -2.25. The third-order valence-electron chi connectivity index (χ3n) is 3.43. The highest BCUT2D eigenvalue weighted by atomic mass is 16.5. The normalized spacial score (nSPS) is 21.9. The second kappa shape index (κ2) is 6.02. The molecule has 0 spiro atoms. The molecule has 8 nitrogen and oxygen atoms in total. The summed E-state index contributed by atoms with van der Waals surface area (Å²) in [6.07, 6.45) is 3.14. The van der Waals surface area contributed by atoms with E-state index in [2.05, 4.69) is 4.98 Å². The van der Waals surface area contributed by atoms with Gasteiger partial charge in [-0.1, -0.05) is 0 Å². The second-order valence-corrected chi connectivity index (χ2v) is 4.75. The Balaban J connectivity index is 2.09. The summed E-state index contributed by atoms with van der Waals surface area (Å²) < 4.78 is 6.89. The summed E-state index contributed by atoms with van der Waals surface area (Å²) >= 11 is 0. The first-order valence-electron chi connectivity index (χ1n) is 6.34. The molecular weight excluding hydrogens is 264 g/mol. The summed E-state index contributed by atoms with van der Waals surface area (Å²) in [7, 11) is 1.57. The maximum Gasteiger partial charge on any atom is 0.311 e. The number of nitrogens with zero attached hydrogens (tertiary/aromatic N) is 3. The predicted octanol–water partition coefficient (Wildman–Crippen LogP) is -0.987. The number of carboxylic acids is 1. The topological polar surface area (TPSA) is 111 Å². The molecule has 2 unspecified atom stereocenters. The summed E-state index contributed by atoms with van der Waals surface area (Å²) in [5.74, 6) is -1.97. The minimum atomic E-state index is -0.958. The highest BCUT2D eigenvalue weighted by molar-refractivity contribution is 5.92. The van der Waals surface area contributed by atoms with Crippen LogP contribution < -0.4 is 5.73 Å². The van der Waals surface area contributed by atoms with Gasteiger partial charge in [-0.05, 0) is 0 Å². The molecule has 0 aliphatic carbocycles. The number of aromatic nitrogens is 2. The van der Waals surface area contributed by atoms with E-state index in [-0.39, 0.29) is 24.8 Å². The number of imidazole rings is 1. The average Bonchev–Trinajstić information content (AvgIpc) is 3.06. The molecule has 0 bridgehead atoms. The lowest BCUT2D eigenvalue weighted by molar-refractivity contribution is -0.142. The number of hydrogen-bond acceptors (Lipinski definition) is 5. The van der Waals surface area contributed by atoms with Crippen molar-refractivity contribution in [2.75, 3.05) is 26.8 Å². The third-order valence-corrected chi connectivity index (χ3v) is 3.43. The van der Waals surface area contributed by atoms with Crippen LogP contribution in [0.15, 0.2) is 12.5 Å². The molecule has 1 aromatic heterocycles. The fourth-order valence-electron chi connectivity index (χ4n) is 2.23. The van der Waals surface area contributed by atoms with Gasteiger partial charge in [-0.2, -0.15) is 0 Å². The van der Waals surface area contributed by atoms with Gasteiger partial charge in [-0.15, -0.1) is 0 Å².